The summed E-state index contributed by atoms with van der Waals surface area (Å²) >= 11 is 0. The first kappa shape index (κ1) is 10.7. The van der Waals surface area contributed by atoms with Gasteiger partial charge in [-0.05, 0) is 32.1 Å². The fourth-order valence-corrected chi connectivity index (χ4v) is 3.07. The normalized spacial score (nSPS) is 35.3. The number of carbonyl (C=O) groups is 1. The number of esters is 1. The molecule has 0 heterocycles. The van der Waals surface area contributed by atoms with Crippen LogP contribution in [0.2, 0.25) is 0 Å². The van der Waals surface area contributed by atoms with Crippen molar-refractivity contribution < 1.29 is 9.53 Å². The molecule has 0 aromatic carbocycles. The largest absolute Gasteiger partial charge is 0.462 e. The number of hydrogen-bond donors (Lipinski definition) is 0. The molecule has 0 aliphatic heterocycles. The first-order chi connectivity index (χ1) is 7.13. The van der Waals surface area contributed by atoms with Crippen LogP contribution in [-0.4, -0.2) is 12.1 Å². The minimum atomic E-state index is -0.131. The quantitative estimate of drug-likeness (QED) is 0.488. The van der Waals surface area contributed by atoms with Gasteiger partial charge in [-0.2, -0.15) is 0 Å². The van der Waals surface area contributed by atoms with E-state index >= 15 is 0 Å². The van der Waals surface area contributed by atoms with E-state index in [1.807, 2.05) is 0 Å². The van der Waals surface area contributed by atoms with Crippen molar-refractivity contribution in [1.82, 2.24) is 0 Å². The fraction of sp³-hybridized carbons (Fsp3) is 0.769. The summed E-state index contributed by atoms with van der Waals surface area (Å²) < 4.78 is 5.48. The van der Waals surface area contributed by atoms with E-state index in [1.54, 1.807) is 0 Å². The highest BCUT2D eigenvalue weighted by Gasteiger charge is 2.42. The van der Waals surface area contributed by atoms with E-state index in [0.717, 1.165) is 12.8 Å². The summed E-state index contributed by atoms with van der Waals surface area (Å²) in [7, 11) is 0. The van der Waals surface area contributed by atoms with Crippen molar-refractivity contribution >= 4 is 5.97 Å². The van der Waals surface area contributed by atoms with Crippen LogP contribution in [0.1, 0.15) is 52.4 Å². The van der Waals surface area contributed by atoms with E-state index in [4.69, 9.17) is 4.74 Å². The van der Waals surface area contributed by atoms with Gasteiger partial charge in [0.1, 0.15) is 6.10 Å². The third-order valence-electron chi connectivity index (χ3n) is 3.96. The van der Waals surface area contributed by atoms with Crippen molar-refractivity contribution in [1.29, 1.82) is 0 Å². The van der Waals surface area contributed by atoms with Crippen LogP contribution in [0.3, 0.4) is 0 Å². The van der Waals surface area contributed by atoms with Crippen LogP contribution in [0.5, 0.6) is 0 Å². The second-order valence-corrected chi connectivity index (χ2v) is 5.03. The second-order valence-electron chi connectivity index (χ2n) is 5.03. The van der Waals surface area contributed by atoms with E-state index in [0.29, 0.717) is 0 Å². The highest BCUT2D eigenvalue weighted by atomic mass is 16.5. The molecule has 2 aliphatic rings. The molecule has 2 aliphatic carbocycles. The molecule has 2 rings (SSSR count). The molecule has 15 heavy (non-hydrogen) atoms. The van der Waals surface area contributed by atoms with E-state index in [1.165, 1.54) is 38.2 Å². The average Bonchev–Trinajstić information content (AvgIpc) is 2.18. The van der Waals surface area contributed by atoms with Crippen LogP contribution in [0, 0.1) is 5.41 Å². The molecule has 2 heteroatoms. The molecule has 0 spiro atoms. The minimum Gasteiger partial charge on any atom is -0.462 e. The van der Waals surface area contributed by atoms with Gasteiger partial charge >= 0.3 is 5.97 Å². The molecule has 0 radical (unpaired) electrons. The molecule has 0 bridgehead atoms. The van der Waals surface area contributed by atoms with Crippen molar-refractivity contribution in [2.75, 3.05) is 0 Å². The maximum atomic E-state index is 11.1. The predicted octanol–water partition coefficient (Wildman–Crippen LogP) is 3.22. The van der Waals surface area contributed by atoms with Gasteiger partial charge in [0, 0.05) is 12.3 Å². The van der Waals surface area contributed by atoms with Gasteiger partial charge in [-0.1, -0.05) is 25.0 Å². The first-order valence-corrected chi connectivity index (χ1v) is 5.99. The third-order valence-corrected chi connectivity index (χ3v) is 3.96. The van der Waals surface area contributed by atoms with Crippen molar-refractivity contribution in [3.05, 3.63) is 11.6 Å². The van der Waals surface area contributed by atoms with Gasteiger partial charge in [0.25, 0.3) is 0 Å². The summed E-state index contributed by atoms with van der Waals surface area (Å²) in [6.07, 6.45) is 9.52. The van der Waals surface area contributed by atoms with Crippen molar-refractivity contribution in [3.63, 3.8) is 0 Å². The average molecular weight is 208 g/mol. The molecule has 0 aromatic rings. The highest BCUT2D eigenvalue weighted by molar-refractivity contribution is 5.66. The molecule has 2 atom stereocenters. The van der Waals surface area contributed by atoms with Crippen LogP contribution in [0.15, 0.2) is 11.6 Å². The Morgan fingerprint density at radius 3 is 3.07 bits per heavy atom. The first-order valence-electron chi connectivity index (χ1n) is 5.99. The molecule has 1 fully saturated rings. The Labute approximate surface area is 91.7 Å². The number of fused-ring (bicyclic) bond motifs is 1. The molecular formula is C13H20O2. The van der Waals surface area contributed by atoms with Crippen LogP contribution in [0.4, 0.5) is 0 Å². The summed E-state index contributed by atoms with van der Waals surface area (Å²) in [5.74, 6) is -0.131. The van der Waals surface area contributed by atoms with E-state index in [2.05, 4.69) is 13.0 Å². The Morgan fingerprint density at radius 1 is 1.53 bits per heavy atom. The Kier molecular flexibility index (Phi) is 2.85. The molecule has 84 valence electrons. The fourth-order valence-electron chi connectivity index (χ4n) is 3.07. The monoisotopic (exact) mass is 208 g/mol. The van der Waals surface area contributed by atoms with Gasteiger partial charge < -0.3 is 4.74 Å². The van der Waals surface area contributed by atoms with Crippen molar-refractivity contribution in [2.24, 2.45) is 5.41 Å². The number of rotatable bonds is 1. The SMILES string of the molecule is CC(=O)O[C@H]1CCC=C2CCCC[C@@]21C. The maximum Gasteiger partial charge on any atom is 0.302 e. The molecule has 0 unspecified atom stereocenters. The zero-order valence-corrected chi connectivity index (χ0v) is 9.71. The number of ether oxygens (including phenoxy) is 1. The number of allylic oxidation sites excluding steroid dienone is 1. The van der Waals surface area contributed by atoms with E-state index < -0.39 is 0 Å². The Bertz CT molecular complexity index is 293. The summed E-state index contributed by atoms with van der Waals surface area (Å²) in [5, 5.41) is 0. The van der Waals surface area contributed by atoms with Crippen molar-refractivity contribution in [3.8, 4) is 0 Å². The van der Waals surface area contributed by atoms with E-state index in [9.17, 15) is 4.79 Å². The van der Waals surface area contributed by atoms with Crippen LogP contribution in [0.25, 0.3) is 0 Å². The Balaban J connectivity index is 2.19. The molecule has 1 saturated carbocycles. The maximum absolute atomic E-state index is 11.1. The van der Waals surface area contributed by atoms with Gasteiger partial charge in [-0.3, -0.25) is 4.79 Å². The molecule has 0 saturated heterocycles. The molecule has 0 N–H and O–H groups in total. The summed E-state index contributed by atoms with van der Waals surface area (Å²) in [5.41, 5.74) is 1.67. The van der Waals surface area contributed by atoms with Crippen molar-refractivity contribution in [2.45, 2.75) is 58.5 Å². The lowest BCUT2D eigenvalue weighted by Gasteiger charge is -2.44. The minimum absolute atomic E-state index is 0.121. The number of carbonyl (C=O) groups excluding carboxylic acids is 1. The topological polar surface area (TPSA) is 26.3 Å². The Morgan fingerprint density at radius 2 is 2.33 bits per heavy atom. The Hall–Kier alpha value is -0.790. The lowest BCUT2D eigenvalue weighted by molar-refractivity contribution is -0.153. The van der Waals surface area contributed by atoms with Gasteiger partial charge in [-0.25, -0.2) is 0 Å². The van der Waals surface area contributed by atoms with Gasteiger partial charge in [-0.15, -0.1) is 0 Å². The zero-order chi connectivity index (χ0) is 10.9. The molecule has 0 aromatic heterocycles. The third kappa shape index (κ3) is 1.95. The lowest BCUT2D eigenvalue weighted by Crippen LogP contribution is -2.41. The van der Waals surface area contributed by atoms with E-state index in [-0.39, 0.29) is 17.5 Å². The van der Waals surface area contributed by atoms with Gasteiger partial charge in [0.05, 0.1) is 0 Å². The predicted molar refractivity (Wildman–Crippen MR) is 59.4 cm³/mol. The molecule has 2 nitrogen and oxygen atoms in total. The summed E-state index contributed by atoms with van der Waals surface area (Å²) in [6.45, 7) is 3.79. The zero-order valence-electron chi connectivity index (χ0n) is 9.71. The van der Waals surface area contributed by atoms with Crippen LogP contribution >= 0.6 is 0 Å². The summed E-state index contributed by atoms with van der Waals surface area (Å²) in [4.78, 5) is 11.1. The van der Waals surface area contributed by atoms with Crippen LogP contribution < -0.4 is 0 Å². The van der Waals surface area contributed by atoms with Gasteiger partial charge in [0.2, 0.25) is 0 Å². The highest BCUT2D eigenvalue weighted by Crippen LogP contribution is 2.48. The van der Waals surface area contributed by atoms with Crippen LogP contribution in [-0.2, 0) is 9.53 Å². The second kappa shape index (κ2) is 3.99. The number of hydrogen-bond acceptors (Lipinski definition) is 2. The molecular weight excluding hydrogens is 188 g/mol. The molecule has 0 amide bonds. The lowest BCUT2D eigenvalue weighted by atomic mass is 9.64. The smallest absolute Gasteiger partial charge is 0.302 e. The van der Waals surface area contributed by atoms with Gasteiger partial charge in [0.15, 0.2) is 0 Å². The standard InChI is InChI=1S/C13H20O2/c1-10(14)15-12-8-5-7-11-6-3-4-9-13(11,12)2/h7,12H,3-6,8-9H2,1-2H3/t12-,13-/m0/s1. The summed E-state index contributed by atoms with van der Waals surface area (Å²) in [6, 6.07) is 0.